The van der Waals surface area contributed by atoms with Gasteiger partial charge in [0, 0.05) is 23.8 Å². The van der Waals surface area contributed by atoms with E-state index < -0.39 is 0 Å². The van der Waals surface area contributed by atoms with Gasteiger partial charge >= 0.3 is 0 Å². The van der Waals surface area contributed by atoms with Crippen molar-refractivity contribution in [1.82, 2.24) is 4.90 Å². The van der Waals surface area contributed by atoms with Crippen LogP contribution in [0.15, 0.2) is 0 Å². The number of amides is 1. The summed E-state index contributed by atoms with van der Waals surface area (Å²) in [7, 11) is 0. The second-order valence-electron chi connectivity index (χ2n) is 5.01. The quantitative estimate of drug-likeness (QED) is 0.725. The molecule has 3 atom stereocenters. The number of hydrogen-bond acceptors (Lipinski definition) is 2. The number of thioether (sulfide) groups is 1. The van der Waals surface area contributed by atoms with E-state index >= 15 is 0 Å². The number of nitrogens with zero attached hydrogens (tertiary/aromatic N) is 1. The van der Waals surface area contributed by atoms with Gasteiger partial charge in [-0.25, -0.2) is 0 Å². The van der Waals surface area contributed by atoms with Crippen molar-refractivity contribution in [3.63, 3.8) is 0 Å². The van der Waals surface area contributed by atoms with E-state index in [9.17, 15) is 4.79 Å². The smallest absolute Gasteiger partial charge is 0.227 e. The van der Waals surface area contributed by atoms with Gasteiger partial charge in [0.2, 0.25) is 5.91 Å². The van der Waals surface area contributed by atoms with E-state index in [1.165, 1.54) is 12.8 Å². The molecule has 1 rings (SSSR count). The zero-order valence-corrected chi connectivity index (χ0v) is 12.6. The van der Waals surface area contributed by atoms with Gasteiger partial charge in [-0.3, -0.25) is 4.79 Å². The lowest BCUT2D eigenvalue weighted by Crippen LogP contribution is -2.44. The highest BCUT2D eigenvalue weighted by atomic mass is 32.2. The minimum atomic E-state index is 0.228. The van der Waals surface area contributed by atoms with Crippen LogP contribution in [0.1, 0.15) is 52.9 Å². The Hall–Kier alpha value is -0.180. The van der Waals surface area contributed by atoms with Gasteiger partial charge in [-0.15, -0.1) is 0 Å². The summed E-state index contributed by atoms with van der Waals surface area (Å²) < 4.78 is 0. The van der Waals surface area contributed by atoms with E-state index in [1.807, 2.05) is 0 Å². The van der Waals surface area contributed by atoms with Crippen molar-refractivity contribution >= 4 is 17.7 Å². The second-order valence-corrected chi connectivity index (χ2v) is 5.92. The fourth-order valence-corrected chi connectivity index (χ4v) is 3.68. The molecule has 0 aromatic carbocycles. The third-order valence-corrected chi connectivity index (χ3v) is 4.76. The van der Waals surface area contributed by atoms with Gasteiger partial charge in [0.25, 0.3) is 0 Å². The molecule has 1 amide bonds. The maximum Gasteiger partial charge on any atom is 0.227 e. The highest BCUT2D eigenvalue weighted by molar-refractivity contribution is 7.98. The van der Waals surface area contributed by atoms with Crippen LogP contribution in [0.4, 0.5) is 0 Å². The predicted molar refractivity (Wildman–Crippen MR) is 76.4 cm³/mol. The summed E-state index contributed by atoms with van der Waals surface area (Å²) in [6, 6.07) is 1.01. The SMILES string of the molecule is CCC(CSC)C(=O)N1C(CC)CCC1CC. The summed E-state index contributed by atoms with van der Waals surface area (Å²) in [4.78, 5) is 14.8. The first kappa shape index (κ1) is 14.9. The maximum absolute atomic E-state index is 12.6. The van der Waals surface area contributed by atoms with Crippen LogP contribution < -0.4 is 0 Å². The second kappa shape index (κ2) is 7.30. The Balaban J connectivity index is 2.75. The largest absolute Gasteiger partial charge is 0.336 e. The zero-order valence-electron chi connectivity index (χ0n) is 11.7. The molecule has 0 spiro atoms. The number of carbonyl (C=O) groups is 1. The van der Waals surface area contributed by atoms with Crippen molar-refractivity contribution < 1.29 is 4.79 Å². The number of carbonyl (C=O) groups excluding carboxylic acids is 1. The molecule has 1 fully saturated rings. The summed E-state index contributed by atoms with van der Waals surface area (Å²) in [5, 5.41) is 0. The van der Waals surface area contributed by atoms with Gasteiger partial charge in [-0.05, 0) is 38.4 Å². The van der Waals surface area contributed by atoms with Crippen molar-refractivity contribution in [2.45, 2.75) is 65.0 Å². The molecule has 0 saturated carbocycles. The van der Waals surface area contributed by atoms with Crippen LogP contribution in [-0.4, -0.2) is 34.9 Å². The Morgan fingerprint density at radius 3 is 2.12 bits per heavy atom. The number of likely N-dealkylation sites (tertiary alicyclic amines) is 1. The fraction of sp³-hybridized carbons (Fsp3) is 0.929. The standard InChI is InChI=1S/C14H27NOS/c1-5-11(10-17-4)14(16)15-12(6-2)8-9-13(15)7-3/h11-13H,5-10H2,1-4H3. The van der Waals surface area contributed by atoms with Gasteiger partial charge < -0.3 is 4.90 Å². The van der Waals surface area contributed by atoms with Crippen molar-refractivity contribution in [2.75, 3.05) is 12.0 Å². The molecule has 100 valence electrons. The van der Waals surface area contributed by atoms with Gasteiger partial charge in [-0.1, -0.05) is 20.8 Å². The number of rotatable bonds is 6. The lowest BCUT2D eigenvalue weighted by molar-refractivity contribution is -0.138. The van der Waals surface area contributed by atoms with E-state index in [1.54, 1.807) is 11.8 Å². The van der Waals surface area contributed by atoms with Crippen LogP contribution >= 0.6 is 11.8 Å². The fourth-order valence-electron chi connectivity index (χ4n) is 2.90. The predicted octanol–water partition coefficient (Wildman–Crippen LogP) is 3.56. The van der Waals surface area contributed by atoms with Crippen LogP contribution in [0.3, 0.4) is 0 Å². The molecule has 1 saturated heterocycles. The molecule has 3 unspecified atom stereocenters. The van der Waals surface area contributed by atoms with E-state index in [4.69, 9.17) is 0 Å². The average Bonchev–Trinajstić information content (AvgIpc) is 2.77. The Morgan fingerprint density at radius 1 is 1.24 bits per heavy atom. The van der Waals surface area contributed by atoms with Crippen LogP contribution in [0.5, 0.6) is 0 Å². The first-order chi connectivity index (χ1) is 8.19. The highest BCUT2D eigenvalue weighted by Gasteiger charge is 2.36. The molecule has 17 heavy (non-hydrogen) atoms. The molecule has 2 nitrogen and oxygen atoms in total. The van der Waals surface area contributed by atoms with E-state index in [0.29, 0.717) is 18.0 Å². The monoisotopic (exact) mass is 257 g/mol. The molecule has 0 N–H and O–H groups in total. The minimum absolute atomic E-state index is 0.228. The van der Waals surface area contributed by atoms with E-state index in [0.717, 1.165) is 25.0 Å². The molecule has 0 aromatic rings. The first-order valence-electron chi connectivity index (χ1n) is 7.00. The highest BCUT2D eigenvalue weighted by Crippen LogP contribution is 2.30. The Morgan fingerprint density at radius 2 is 1.76 bits per heavy atom. The molecule has 0 aliphatic carbocycles. The lowest BCUT2D eigenvalue weighted by Gasteiger charge is -2.32. The van der Waals surface area contributed by atoms with Crippen LogP contribution in [0.2, 0.25) is 0 Å². The van der Waals surface area contributed by atoms with Crippen molar-refractivity contribution in [2.24, 2.45) is 5.92 Å². The molecule has 0 aromatic heterocycles. The summed E-state index contributed by atoms with van der Waals surface area (Å²) in [5.74, 6) is 1.61. The summed E-state index contributed by atoms with van der Waals surface area (Å²) >= 11 is 1.79. The summed E-state index contributed by atoms with van der Waals surface area (Å²) in [6.07, 6.45) is 7.69. The molecule has 0 radical (unpaired) electrons. The van der Waals surface area contributed by atoms with E-state index in [2.05, 4.69) is 31.9 Å². The molecule has 1 aliphatic rings. The Labute approximate surface area is 111 Å². The normalized spacial score (nSPS) is 26.2. The maximum atomic E-state index is 12.6. The van der Waals surface area contributed by atoms with Gasteiger partial charge in [0.05, 0.1) is 0 Å². The molecular weight excluding hydrogens is 230 g/mol. The van der Waals surface area contributed by atoms with E-state index in [-0.39, 0.29) is 5.92 Å². The van der Waals surface area contributed by atoms with Gasteiger partial charge in [-0.2, -0.15) is 11.8 Å². The average molecular weight is 257 g/mol. The number of hydrogen-bond donors (Lipinski definition) is 0. The van der Waals surface area contributed by atoms with Crippen molar-refractivity contribution in [3.05, 3.63) is 0 Å². The topological polar surface area (TPSA) is 20.3 Å². The Kier molecular flexibility index (Phi) is 6.39. The third-order valence-electron chi connectivity index (χ3n) is 4.03. The first-order valence-corrected chi connectivity index (χ1v) is 8.39. The molecule has 1 heterocycles. The van der Waals surface area contributed by atoms with Crippen molar-refractivity contribution in [3.8, 4) is 0 Å². The minimum Gasteiger partial charge on any atom is -0.336 e. The summed E-state index contributed by atoms with van der Waals surface area (Å²) in [5.41, 5.74) is 0. The Bertz CT molecular complexity index is 232. The molecule has 0 bridgehead atoms. The summed E-state index contributed by atoms with van der Waals surface area (Å²) in [6.45, 7) is 6.55. The molecular formula is C14H27NOS. The lowest BCUT2D eigenvalue weighted by atomic mass is 10.0. The van der Waals surface area contributed by atoms with Crippen LogP contribution in [0.25, 0.3) is 0 Å². The van der Waals surface area contributed by atoms with Gasteiger partial charge in [0.1, 0.15) is 0 Å². The molecule has 3 heteroatoms. The van der Waals surface area contributed by atoms with Crippen LogP contribution in [-0.2, 0) is 4.79 Å². The zero-order chi connectivity index (χ0) is 12.8. The molecule has 1 aliphatic heterocycles. The van der Waals surface area contributed by atoms with Crippen molar-refractivity contribution in [1.29, 1.82) is 0 Å². The van der Waals surface area contributed by atoms with Gasteiger partial charge in [0.15, 0.2) is 0 Å². The van der Waals surface area contributed by atoms with Crippen LogP contribution in [0, 0.1) is 5.92 Å². The third kappa shape index (κ3) is 3.40.